The van der Waals surface area contributed by atoms with Gasteiger partial charge in [-0.2, -0.15) is 13.2 Å². The molecule has 0 spiro atoms. The van der Waals surface area contributed by atoms with Gasteiger partial charge in [0.05, 0.1) is 12.1 Å². The van der Waals surface area contributed by atoms with Crippen molar-refractivity contribution >= 4 is 29.9 Å². The van der Waals surface area contributed by atoms with Crippen molar-refractivity contribution in [3.05, 3.63) is 22.8 Å². The van der Waals surface area contributed by atoms with Crippen LogP contribution in [0.4, 0.5) is 13.2 Å². The molecular weight excluding hydrogens is 334 g/mol. The number of ether oxygens (including phenoxy) is 1. The Bertz CT molecular complexity index is 473. The number of carbonyl (C=O) groups is 1. The van der Waals surface area contributed by atoms with Crippen molar-refractivity contribution in [2.45, 2.75) is 12.6 Å². The number of halogens is 5. The van der Waals surface area contributed by atoms with Gasteiger partial charge in [0.15, 0.2) is 0 Å². The predicted molar refractivity (Wildman–Crippen MR) is 73.7 cm³/mol. The third-order valence-electron chi connectivity index (χ3n) is 2.17. The molecule has 0 aliphatic heterocycles. The molecule has 0 aliphatic carbocycles. The minimum Gasteiger partial charge on any atom is -0.475 e. The number of nitrogens with zero attached hydrogens (tertiary/aromatic N) is 1. The quantitative estimate of drug-likeness (QED) is 0.771. The smallest absolute Gasteiger partial charge is 0.417 e. The number of hydrogen-bond acceptors (Lipinski definition) is 4. The number of aromatic nitrogens is 1. The minimum absolute atomic E-state index is 0. The second-order valence-electron chi connectivity index (χ2n) is 3.75. The highest BCUT2D eigenvalue weighted by molar-refractivity contribution is 6.31. The van der Waals surface area contributed by atoms with Gasteiger partial charge in [-0.25, -0.2) is 4.98 Å². The maximum atomic E-state index is 12.4. The summed E-state index contributed by atoms with van der Waals surface area (Å²) in [6.45, 7) is 0.450. The van der Waals surface area contributed by atoms with Gasteiger partial charge in [0, 0.05) is 19.2 Å². The van der Waals surface area contributed by atoms with Gasteiger partial charge < -0.3 is 15.8 Å². The lowest BCUT2D eigenvalue weighted by Crippen LogP contribution is -2.29. The van der Waals surface area contributed by atoms with E-state index in [0.29, 0.717) is 6.20 Å². The number of carbonyl (C=O) groups excluding carboxylic acids is 1. The molecule has 1 rings (SSSR count). The molecule has 5 nitrogen and oxygen atoms in total. The van der Waals surface area contributed by atoms with Crippen LogP contribution in [0.2, 0.25) is 5.02 Å². The van der Waals surface area contributed by atoms with Crippen LogP contribution >= 0.6 is 24.0 Å². The molecular formula is C11H14Cl2F3N3O2. The second-order valence-corrected chi connectivity index (χ2v) is 4.15. The molecule has 0 saturated heterocycles. The van der Waals surface area contributed by atoms with Crippen LogP contribution in [0.5, 0.6) is 5.88 Å². The third kappa shape index (κ3) is 6.83. The number of nitrogens with two attached hydrogens (primary N) is 1. The van der Waals surface area contributed by atoms with E-state index in [9.17, 15) is 18.0 Å². The standard InChI is InChI=1S/C11H13ClF3N3O2.ClH/c12-8-5-7(11(13,14)15)6-18-10(8)20-4-3-17-9(19)1-2-16;/h5-6H,1-4,16H2,(H,17,19);1H. The van der Waals surface area contributed by atoms with Crippen molar-refractivity contribution in [3.63, 3.8) is 0 Å². The van der Waals surface area contributed by atoms with Crippen LogP contribution in [-0.4, -0.2) is 30.6 Å². The molecule has 0 radical (unpaired) electrons. The Balaban J connectivity index is 0.00000400. The molecule has 3 N–H and O–H groups in total. The fourth-order valence-corrected chi connectivity index (χ4v) is 1.47. The summed E-state index contributed by atoms with van der Waals surface area (Å²) in [5, 5.41) is 2.27. The first-order valence-electron chi connectivity index (χ1n) is 5.67. The normalized spacial score (nSPS) is 10.7. The van der Waals surface area contributed by atoms with E-state index in [1.807, 2.05) is 0 Å². The van der Waals surface area contributed by atoms with Gasteiger partial charge in [0.25, 0.3) is 0 Å². The molecule has 0 saturated carbocycles. The Morgan fingerprint density at radius 1 is 1.48 bits per heavy atom. The van der Waals surface area contributed by atoms with Gasteiger partial charge in [0.2, 0.25) is 11.8 Å². The molecule has 0 unspecified atom stereocenters. The van der Waals surface area contributed by atoms with Gasteiger partial charge in [-0.1, -0.05) is 11.6 Å². The SMILES string of the molecule is Cl.NCCC(=O)NCCOc1ncc(C(F)(F)F)cc1Cl. The lowest BCUT2D eigenvalue weighted by Gasteiger charge is -2.10. The molecule has 10 heteroatoms. The fraction of sp³-hybridized carbons (Fsp3) is 0.455. The summed E-state index contributed by atoms with van der Waals surface area (Å²) < 4.78 is 42.2. The summed E-state index contributed by atoms with van der Waals surface area (Å²) in [6, 6.07) is 0.733. The monoisotopic (exact) mass is 347 g/mol. The van der Waals surface area contributed by atoms with Gasteiger partial charge in [-0.3, -0.25) is 4.79 Å². The van der Waals surface area contributed by atoms with Crippen LogP contribution < -0.4 is 15.8 Å². The van der Waals surface area contributed by atoms with E-state index in [1.54, 1.807) is 0 Å². The highest BCUT2D eigenvalue weighted by atomic mass is 35.5. The Morgan fingerprint density at radius 3 is 2.67 bits per heavy atom. The summed E-state index contributed by atoms with van der Waals surface area (Å²) in [5.74, 6) is -0.352. The zero-order valence-electron chi connectivity index (χ0n) is 10.7. The highest BCUT2D eigenvalue weighted by Crippen LogP contribution is 2.32. The summed E-state index contributed by atoms with van der Waals surface area (Å²) in [7, 11) is 0. The zero-order valence-corrected chi connectivity index (χ0v) is 12.3. The molecule has 0 aromatic carbocycles. The first kappa shape index (κ1) is 19.8. The van der Waals surface area contributed by atoms with Crippen molar-refractivity contribution < 1.29 is 22.7 Å². The Labute approximate surface area is 130 Å². The van der Waals surface area contributed by atoms with Crippen LogP contribution in [0.1, 0.15) is 12.0 Å². The maximum absolute atomic E-state index is 12.4. The molecule has 1 aromatic heterocycles. The fourth-order valence-electron chi connectivity index (χ4n) is 1.24. The zero-order chi connectivity index (χ0) is 15.2. The van der Waals surface area contributed by atoms with E-state index < -0.39 is 11.7 Å². The average molecular weight is 348 g/mol. The van der Waals surface area contributed by atoms with Crippen LogP contribution in [-0.2, 0) is 11.0 Å². The number of amides is 1. The Kier molecular flexibility index (Phi) is 8.38. The van der Waals surface area contributed by atoms with E-state index in [4.69, 9.17) is 22.1 Å². The lowest BCUT2D eigenvalue weighted by atomic mass is 10.3. The van der Waals surface area contributed by atoms with Crippen LogP contribution in [0, 0.1) is 0 Å². The van der Waals surface area contributed by atoms with E-state index in [0.717, 1.165) is 6.07 Å². The lowest BCUT2D eigenvalue weighted by molar-refractivity contribution is -0.137. The summed E-state index contributed by atoms with van der Waals surface area (Å²) >= 11 is 5.64. The predicted octanol–water partition coefficient (Wildman–Crippen LogP) is 2.02. The Hall–Kier alpha value is -1.25. The first-order chi connectivity index (χ1) is 9.34. The van der Waals surface area contributed by atoms with Crippen molar-refractivity contribution in [1.82, 2.24) is 10.3 Å². The molecule has 120 valence electrons. The summed E-state index contributed by atoms with van der Waals surface area (Å²) in [5.41, 5.74) is 4.23. The highest BCUT2D eigenvalue weighted by Gasteiger charge is 2.31. The van der Waals surface area contributed by atoms with Crippen molar-refractivity contribution in [3.8, 4) is 5.88 Å². The van der Waals surface area contributed by atoms with Gasteiger partial charge in [-0.05, 0) is 6.07 Å². The third-order valence-corrected chi connectivity index (χ3v) is 2.44. The van der Waals surface area contributed by atoms with Gasteiger partial charge in [-0.15, -0.1) is 12.4 Å². The van der Waals surface area contributed by atoms with Crippen LogP contribution in [0.15, 0.2) is 12.3 Å². The molecule has 0 atom stereocenters. The largest absolute Gasteiger partial charge is 0.475 e. The Morgan fingerprint density at radius 2 is 2.14 bits per heavy atom. The van der Waals surface area contributed by atoms with Crippen LogP contribution in [0.3, 0.4) is 0 Å². The number of hydrogen-bond donors (Lipinski definition) is 2. The molecule has 1 amide bonds. The number of nitrogens with one attached hydrogen (secondary N) is 1. The van der Waals surface area contributed by atoms with E-state index in [-0.39, 0.29) is 55.3 Å². The topological polar surface area (TPSA) is 77.2 Å². The number of pyridine rings is 1. The first-order valence-corrected chi connectivity index (χ1v) is 6.04. The van der Waals surface area contributed by atoms with Gasteiger partial charge in [0.1, 0.15) is 11.6 Å². The molecule has 0 aliphatic rings. The van der Waals surface area contributed by atoms with Crippen molar-refractivity contribution in [1.29, 1.82) is 0 Å². The van der Waals surface area contributed by atoms with E-state index in [2.05, 4.69) is 10.3 Å². The van der Waals surface area contributed by atoms with Gasteiger partial charge >= 0.3 is 6.18 Å². The van der Waals surface area contributed by atoms with Crippen molar-refractivity contribution in [2.24, 2.45) is 5.73 Å². The van der Waals surface area contributed by atoms with E-state index >= 15 is 0 Å². The maximum Gasteiger partial charge on any atom is 0.417 e. The summed E-state index contributed by atoms with van der Waals surface area (Å²) in [6.07, 6.45) is -3.68. The molecule has 0 bridgehead atoms. The van der Waals surface area contributed by atoms with E-state index in [1.165, 1.54) is 0 Å². The average Bonchev–Trinajstić information content (AvgIpc) is 2.35. The second kappa shape index (κ2) is 8.91. The molecule has 21 heavy (non-hydrogen) atoms. The number of alkyl halides is 3. The van der Waals surface area contributed by atoms with Crippen LogP contribution in [0.25, 0.3) is 0 Å². The molecule has 1 heterocycles. The molecule has 1 aromatic rings. The van der Waals surface area contributed by atoms with Crippen molar-refractivity contribution in [2.75, 3.05) is 19.7 Å². The molecule has 0 fully saturated rings. The minimum atomic E-state index is -4.51. The number of rotatable bonds is 6. The summed E-state index contributed by atoms with van der Waals surface area (Å²) in [4.78, 5) is 14.6.